The highest BCUT2D eigenvalue weighted by molar-refractivity contribution is 5.89. The Kier molecular flexibility index (Phi) is 4.42. The summed E-state index contributed by atoms with van der Waals surface area (Å²) >= 11 is 0. The van der Waals surface area contributed by atoms with E-state index >= 15 is 0 Å². The fourth-order valence-electron chi connectivity index (χ4n) is 3.84. The van der Waals surface area contributed by atoms with Gasteiger partial charge in [-0.15, -0.1) is 0 Å². The summed E-state index contributed by atoms with van der Waals surface area (Å²) in [6.45, 7) is 2.96. The number of anilines is 1. The molecule has 1 N–H and O–H groups in total. The lowest BCUT2D eigenvalue weighted by atomic mass is 9.96. The zero-order valence-electron chi connectivity index (χ0n) is 14.6. The van der Waals surface area contributed by atoms with Gasteiger partial charge < -0.3 is 14.6 Å². The van der Waals surface area contributed by atoms with Crippen LogP contribution in [0.4, 0.5) is 5.95 Å². The zero-order valence-corrected chi connectivity index (χ0v) is 14.6. The summed E-state index contributed by atoms with van der Waals surface area (Å²) in [5.41, 5.74) is 3.63. The van der Waals surface area contributed by atoms with E-state index in [9.17, 15) is 4.79 Å². The van der Waals surface area contributed by atoms with Crippen molar-refractivity contribution in [3.8, 4) is 11.4 Å². The van der Waals surface area contributed by atoms with E-state index in [2.05, 4.69) is 10.3 Å². The molecule has 3 heterocycles. The van der Waals surface area contributed by atoms with Gasteiger partial charge in [-0.2, -0.15) is 0 Å². The molecule has 25 heavy (non-hydrogen) atoms. The number of ether oxygens (including phenoxy) is 1. The van der Waals surface area contributed by atoms with Crippen molar-refractivity contribution in [1.29, 1.82) is 0 Å². The molecule has 0 aromatic carbocycles. The largest absolute Gasteiger partial charge is 0.461 e. The van der Waals surface area contributed by atoms with Gasteiger partial charge in [-0.1, -0.05) is 19.3 Å². The molecular weight excluding hydrogens is 316 g/mol. The Morgan fingerprint density at radius 1 is 1.32 bits per heavy atom. The Balaban J connectivity index is 1.62. The third kappa shape index (κ3) is 3.13. The van der Waals surface area contributed by atoms with Crippen LogP contribution in [0.25, 0.3) is 11.4 Å². The predicted molar refractivity (Wildman–Crippen MR) is 95.6 cm³/mol. The molecule has 1 fully saturated rings. The molecule has 0 saturated heterocycles. The van der Waals surface area contributed by atoms with Crippen LogP contribution in [-0.4, -0.2) is 33.2 Å². The normalized spacial score (nSPS) is 16.8. The van der Waals surface area contributed by atoms with E-state index in [4.69, 9.17) is 9.72 Å². The molecule has 2 aromatic rings. The van der Waals surface area contributed by atoms with Gasteiger partial charge in [0.25, 0.3) is 0 Å². The molecule has 0 spiro atoms. The van der Waals surface area contributed by atoms with E-state index in [1.807, 2.05) is 29.8 Å². The van der Waals surface area contributed by atoms with Crippen LogP contribution in [0.1, 0.15) is 55.1 Å². The molecule has 1 aliphatic heterocycles. The summed E-state index contributed by atoms with van der Waals surface area (Å²) in [4.78, 5) is 21.4. The smallest absolute Gasteiger partial charge is 0.354 e. The van der Waals surface area contributed by atoms with Gasteiger partial charge in [0, 0.05) is 24.3 Å². The summed E-state index contributed by atoms with van der Waals surface area (Å²) in [6, 6.07) is 4.26. The van der Waals surface area contributed by atoms with Gasteiger partial charge in [0.15, 0.2) is 0 Å². The lowest BCUT2D eigenvalue weighted by Gasteiger charge is -2.24. The maximum atomic E-state index is 12.1. The maximum Gasteiger partial charge on any atom is 0.354 e. The first-order chi connectivity index (χ1) is 12.3. The summed E-state index contributed by atoms with van der Waals surface area (Å²) < 4.78 is 7.17. The van der Waals surface area contributed by atoms with Gasteiger partial charge in [-0.05, 0) is 38.3 Å². The predicted octanol–water partition coefficient (Wildman–Crippen LogP) is 3.42. The molecule has 132 valence electrons. The first kappa shape index (κ1) is 16.1. The van der Waals surface area contributed by atoms with Crippen LogP contribution < -0.4 is 5.32 Å². The van der Waals surface area contributed by atoms with Crippen molar-refractivity contribution in [2.24, 2.45) is 0 Å². The molecule has 0 atom stereocenters. The molecule has 0 unspecified atom stereocenters. The van der Waals surface area contributed by atoms with Gasteiger partial charge >= 0.3 is 5.97 Å². The molecular formula is C19H24N4O2. The van der Waals surface area contributed by atoms with Crippen LogP contribution in [-0.2, 0) is 17.7 Å². The minimum absolute atomic E-state index is 0.271. The summed E-state index contributed by atoms with van der Waals surface area (Å²) in [5.74, 6) is 0.421. The lowest BCUT2D eigenvalue weighted by Crippen LogP contribution is -2.24. The topological polar surface area (TPSA) is 69.0 Å². The minimum atomic E-state index is -0.271. The van der Waals surface area contributed by atoms with Crippen LogP contribution in [0.3, 0.4) is 0 Å². The van der Waals surface area contributed by atoms with Gasteiger partial charge in [0.2, 0.25) is 5.95 Å². The third-order valence-electron chi connectivity index (χ3n) is 5.12. The van der Waals surface area contributed by atoms with Crippen molar-refractivity contribution in [3.05, 3.63) is 29.6 Å². The van der Waals surface area contributed by atoms with Crippen molar-refractivity contribution in [2.75, 3.05) is 11.9 Å². The fourth-order valence-corrected chi connectivity index (χ4v) is 3.84. The summed E-state index contributed by atoms with van der Waals surface area (Å²) in [6.07, 6.45) is 8.99. The molecule has 1 saturated carbocycles. The van der Waals surface area contributed by atoms with Crippen molar-refractivity contribution < 1.29 is 9.53 Å². The highest BCUT2D eigenvalue weighted by Gasteiger charge is 2.24. The molecule has 0 bridgehead atoms. The first-order valence-corrected chi connectivity index (χ1v) is 9.25. The van der Waals surface area contributed by atoms with Crippen LogP contribution in [0.5, 0.6) is 0 Å². The van der Waals surface area contributed by atoms with E-state index in [-0.39, 0.29) is 5.97 Å². The number of aryl methyl sites for hydroxylation is 1. The Hall–Kier alpha value is -2.37. The number of fused-ring (bicyclic) bond motifs is 3. The molecule has 6 heteroatoms. The van der Waals surface area contributed by atoms with Crippen LogP contribution in [0, 0.1) is 0 Å². The second-order valence-electron chi connectivity index (χ2n) is 6.77. The number of esters is 1. The molecule has 2 aromatic heterocycles. The molecule has 2 aliphatic rings. The van der Waals surface area contributed by atoms with Crippen LogP contribution in [0.15, 0.2) is 18.3 Å². The molecule has 1 aliphatic carbocycles. The average Bonchev–Trinajstić information content (AvgIpc) is 3.07. The highest BCUT2D eigenvalue weighted by atomic mass is 16.5. The number of nitrogens with one attached hydrogen (secondary N) is 1. The van der Waals surface area contributed by atoms with Crippen molar-refractivity contribution >= 4 is 11.9 Å². The third-order valence-corrected chi connectivity index (χ3v) is 5.12. The monoisotopic (exact) mass is 340 g/mol. The second kappa shape index (κ2) is 6.86. The number of hydrogen-bond acceptors (Lipinski definition) is 5. The number of nitrogens with zero attached hydrogens (tertiary/aromatic N) is 3. The fraction of sp³-hybridized carbons (Fsp3) is 0.526. The van der Waals surface area contributed by atoms with E-state index in [0.29, 0.717) is 24.3 Å². The SMILES string of the molecule is CCOC(=O)c1ccc2n1CCc1cnc(NC3CCCCC3)nc1-2. The van der Waals surface area contributed by atoms with E-state index in [1.54, 1.807) is 0 Å². The number of carbonyl (C=O) groups excluding carboxylic acids is 1. The van der Waals surface area contributed by atoms with Crippen molar-refractivity contribution in [3.63, 3.8) is 0 Å². The van der Waals surface area contributed by atoms with Gasteiger partial charge in [0.1, 0.15) is 5.69 Å². The Morgan fingerprint density at radius 3 is 2.96 bits per heavy atom. The molecule has 0 amide bonds. The van der Waals surface area contributed by atoms with Crippen molar-refractivity contribution in [2.45, 2.75) is 58.0 Å². The zero-order chi connectivity index (χ0) is 17.2. The number of carbonyl (C=O) groups is 1. The van der Waals surface area contributed by atoms with E-state index in [1.165, 1.54) is 32.1 Å². The van der Waals surface area contributed by atoms with Crippen LogP contribution in [0.2, 0.25) is 0 Å². The second-order valence-corrected chi connectivity index (χ2v) is 6.77. The average molecular weight is 340 g/mol. The van der Waals surface area contributed by atoms with Gasteiger partial charge in [-0.3, -0.25) is 0 Å². The quantitative estimate of drug-likeness (QED) is 0.864. The van der Waals surface area contributed by atoms with E-state index in [0.717, 1.165) is 29.9 Å². The van der Waals surface area contributed by atoms with Gasteiger partial charge in [-0.25, -0.2) is 14.8 Å². The highest BCUT2D eigenvalue weighted by Crippen LogP contribution is 2.31. The standard InChI is InChI=1S/C19H24N4O2/c1-2-25-18(24)16-9-8-15-17-13(10-11-23(15)16)12-20-19(22-17)21-14-6-4-3-5-7-14/h8-9,12,14H,2-7,10-11H2,1H3,(H,20,21,22). The van der Waals surface area contributed by atoms with E-state index < -0.39 is 0 Å². The minimum Gasteiger partial charge on any atom is -0.461 e. The van der Waals surface area contributed by atoms with Gasteiger partial charge in [0.05, 0.1) is 18.0 Å². The lowest BCUT2D eigenvalue weighted by molar-refractivity contribution is 0.0514. The summed E-state index contributed by atoms with van der Waals surface area (Å²) in [5, 5.41) is 3.49. The first-order valence-electron chi connectivity index (χ1n) is 9.25. The number of hydrogen-bond donors (Lipinski definition) is 1. The Bertz CT molecular complexity index is 778. The molecule has 6 nitrogen and oxygen atoms in total. The maximum absolute atomic E-state index is 12.1. The number of rotatable bonds is 4. The van der Waals surface area contributed by atoms with Crippen molar-refractivity contribution in [1.82, 2.24) is 14.5 Å². The Labute approximate surface area is 147 Å². The summed E-state index contributed by atoms with van der Waals surface area (Å²) in [7, 11) is 0. The Morgan fingerprint density at radius 2 is 2.16 bits per heavy atom. The van der Waals surface area contributed by atoms with Crippen LogP contribution >= 0.6 is 0 Å². The number of aromatic nitrogens is 3. The molecule has 4 rings (SSSR count). The molecule has 0 radical (unpaired) electrons.